The number of benzene rings is 1. The summed E-state index contributed by atoms with van der Waals surface area (Å²) in [5.41, 5.74) is 2.00. The van der Waals surface area contributed by atoms with E-state index < -0.39 is 0 Å². The lowest BCUT2D eigenvalue weighted by Gasteiger charge is -2.15. The van der Waals surface area contributed by atoms with E-state index in [4.69, 9.17) is 14.6 Å². The smallest absolute Gasteiger partial charge is 0.140 e. The van der Waals surface area contributed by atoms with Crippen molar-refractivity contribution in [3.05, 3.63) is 21.7 Å². The maximum absolute atomic E-state index is 8.95. The Balaban J connectivity index is 3.30. The fourth-order valence-electron chi connectivity index (χ4n) is 1.59. The van der Waals surface area contributed by atoms with Gasteiger partial charge in [0.1, 0.15) is 16.0 Å². The van der Waals surface area contributed by atoms with E-state index in [0.29, 0.717) is 6.42 Å². The number of halogens is 1. The zero-order valence-corrected chi connectivity index (χ0v) is 10.7. The van der Waals surface area contributed by atoms with Gasteiger partial charge in [0, 0.05) is 6.61 Å². The first-order valence-electron chi connectivity index (χ1n) is 4.66. The third kappa shape index (κ3) is 2.44. The molecule has 1 N–H and O–H groups in total. The second kappa shape index (κ2) is 5.37. The number of rotatable bonds is 4. The van der Waals surface area contributed by atoms with Crippen molar-refractivity contribution in [2.24, 2.45) is 0 Å². The average molecular weight is 275 g/mol. The highest BCUT2D eigenvalue weighted by atomic mass is 79.9. The molecule has 0 aromatic heterocycles. The van der Waals surface area contributed by atoms with Crippen molar-refractivity contribution in [1.82, 2.24) is 0 Å². The van der Waals surface area contributed by atoms with Crippen LogP contribution in [-0.2, 0) is 6.42 Å². The SMILES string of the molecule is COc1c(C)cc(CCO)c(OC)c1Br. The first kappa shape index (κ1) is 12.3. The van der Waals surface area contributed by atoms with E-state index in [1.54, 1.807) is 14.2 Å². The highest BCUT2D eigenvalue weighted by molar-refractivity contribution is 9.10. The minimum Gasteiger partial charge on any atom is -0.495 e. The topological polar surface area (TPSA) is 38.7 Å². The van der Waals surface area contributed by atoms with E-state index in [1.807, 2.05) is 13.0 Å². The van der Waals surface area contributed by atoms with Crippen LogP contribution in [0.4, 0.5) is 0 Å². The monoisotopic (exact) mass is 274 g/mol. The van der Waals surface area contributed by atoms with Gasteiger partial charge in [0.25, 0.3) is 0 Å². The standard InChI is InChI=1S/C11H15BrO3/c1-7-6-8(4-5-13)11(15-3)9(12)10(7)14-2/h6,13H,4-5H2,1-3H3. The van der Waals surface area contributed by atoms with Gasteiger partial charge in [-0.3, -0.25) is 0 Å². The zero-order valence-electron chi connectivity index (χ0n) is 9.13. The summed E-state index contributed by atoms with van der Waals surface area (Å²) in [6.07, 6.45) is 0.576. The van der Waals surface area contributed by atoms with E-state index in [9.17, 15) is 0 Å². The molecule has 0 saturated carbocycles. The van der Waals surface area contributed by atoms with Crippen LogP contribution in [0.1, 0.15) is 11.1 Å². The fourth-order valence-corrected chi connectivity index (χ4v) is 2.48. The second-order valence-corrected chi connectivity index (χ2v) is 4.00. The van der Waals surface area contributed by atoms with Crippen LogP contribution in [0.15, 0.2) is 10.5 Å². The summed E-state index contributed by atoms with van der Waals surface area (Å²) >= 11 is 3.44. The molecule has 0 radical (unpaired) electrons. The quantitative estimate of drug-likeness (QED) is 0.916. The van der Waals surface area contributed by atoms with E-state index in [0.717, 1.165) is 27.1 Å². The summed E-state index contributed by atoms with van der Waals surface area (Å²) in [4.78, 5) is 0. The molecule has 0 aliphatic carbocycles. The summed E-state index contributed by atoms with van der Waals surface area (Å²) in [5.74, 6) is 1.50. The highest BCUT2D eigenvalue weighted by Gasteiger charge is 2.15. The maximum Gasteiger partial charge on any atom is 0.140 e. The van der Waals surface area contributed by atoms with Gasteiger partial charge in [-0.25, -0.2) is 0 Å². The first-order valence-corrected chi connectivity index (χ1v) is 5.45. The van der Waals surface area contributed by atoms with Crippen molar-refractivity contribution >= 4 is 15.9 Å². The fraction of sp³-hybridized carbons (Fsp3) is 0.455. The number of aliphatic hydroxyl groups excluding tert-OH is 1. The average Bonchev–Trinajstić information content (AvgIpc) is 2.19. The second-order valence-electron chi connectivity index (χ2n) is 3.21. The normalized spacial score (nSPS) is 10.2. The van der Waals surface area contributed by atoms with Crippen molar-refractivity contribution < 1.29 is 14.6 Å². The molecule has 0 fully saturated rings. The molecule has 0 atom stereocenters. The lowest BCUT2D eigenvalue weighted by molar-refractivity contribution is 0.296. The molecule has 0 unspecified atom stereocenters. The van der Waals surface area contributed by atoms with Crippen LogP contribution in [0.2, 0.25) is 0 Å². The predicted molar refractivity (Wildman–Crippen MR) is 62.8 cm³/mol. The van der Waals surface area contributed by atoms with Crippen molar-refractivity contribution in [1.29, 1.82) is 0 Å². The van der Waals surface area contributed by atoms with Crippen LogP contribution in [0.25, 0.3) is 0 Å². The molecule has 84 valence electrons. The molecular weight excluding hydrogens is 260 g/mol. The molecule has 0 aliphatic rings. The molecule has 4 heteroatoms. The number of hydrogen-bond acceptors (Lipinski definition) is 3. The molecule has 0 saturated heterocycles. The predicted octanol–water partition coefficient (Wildman–Crippen LogP) is 2.31. The molecule has 1 rings (SSSR count). The molecule has 3 nitrogen and oxygen atoms in total. The van der Waals surface area contributed by atoms with Crippen LogP contribution in [0, 0.1) is 6.92 Å². The Hall–Kier alpha value is -0.740. The van der Waals surface area contributed by atoms with Crippen LogP contribution in [0.3, 0.4) is 0 Å². The van der Waals surface area contributed by atoms with E-state index in [2.05, 4.69) is 15.9 Å². The van der Waals surface area contributed by atoms with Crippen LogP contribution in [0.5, 0.6) is 11.5 Å². The minimum atomic E-state index is 0.106. The van der Waals surface area contributed by atoms with Crippen molar-refractivity contribution in [2.75, 3.05) is 20.8 Å². The van der Waals surface area contributed by atoms with Crippen LogP contribution >= 0.6 is 15.9 Å². The van der Waals surface area contributed by atoms with Gasteiger partial charge >= 0.3 is 0 Å². The molecule has 1 aromatic carbocycles. The van der Waals surface area contributed by atoms with Gasteiger partial charge in [-0.2, -0.15) is 0 Å². The summed E-state index contributed by atoms with van der Waals surface area (Å²) in [7, 11) is 3.23. The summed E-state index contributed by atoms with van der Waals surface area (Å²) in [6, 6.07) is 1.97. The van der Waals surface area contributed by atoms with Gasteiger partial charge in [-0.1, -0.05) is 0 Å². The van der Waals surface area contributed by atoms with E-state index >= 15 is 0 Å². The Morgan fingerprint density at radius 1 is 1.27 bits per heavy atom. The third-order valence-corrected chi connectivity index (χ3v) is 2.95. The Labute approximate surface area is 98.1 Å². The number of methoxy groups -OCH3 is 2. The van der Waals surface area contributed by atoms with Gasteiger partial charge in [0.05, 0.1) is 14.2 Å². The van der Waals surface area contributed by atoms with Gasteiger partial charge in [-0.15, -0.1) is 0 Å². The molecule has 1 aromatic rings. The summed E-state index contributed by atoms with van der Waals surface area (Å²) < 4.78 is 11.4. The Kier molecular flexibility index (Phi) is 4.42. The molecule has 0 aliphatic heterocycles. The lowest BCUT2D eigenvalue weighted by atomic mass is 10.1. The molecule has 15 heavy (non-hydrogen) atoms. The van der Waals surface area contributed by atoms with Gasteiger partial charge in [0.15, 0.2) is 0 Å². The van der Waals surface area contributed by atoms with E-state index in [1.165, 1.54) is 0 Å². The van der Waals surface area contributed by atoms with E-state index in [-0.39, 0.29) is 6.61 Å². The molecule has 0 bridgehead atoms. The number of hydrogen-bond donors (Lipinski definition) is 1. The van der Waals surface area contributed by atoms with Crippen molar-refractivity contribution in [3.63, 3.8) is 0 Å². The zero-order chi connectivity index (χ0) is 11.4. The van der Waals surface area contributed by atoms with Crippen molar-refractivity contribution in [3.8, 4) is 11.5 Å². The largest absolute Gasteiger partial charge is 0.495 e. The number of aryl methyl sites for hydroxylation is 1. The Morgan fingerprint density at radius 3 is 2.33 bits per heavy atom. The van der Waals surface area contributed by atoms with Crippen molar-refractivity contribution in [2.45, 2.75) is 13.3 Å². The van der Waals surface area contributed by atoms with Gasteiger partial charge in [0.2, 0.25) is 0 Å². The molecule has 0 spiro atoms. The first-order chi connectivity index (χ1) is 7.15. The highest BCUT2D eigenvalue weighted by Crippen LogP contribution is 2.39. The lowest BCUT2D eigenvalue weighted by Crippen LogP contribution is -2.00. The number of aliphatic hydroxyl groups is 1. The Bertz CT molecular complexity index is 350. The molecule has 0 heterocycles. The van der Waals surface area contributed by atoms with Crippen LogP contribution < -0.4 is 9.47 Å². The number of ether oxygens (including phenoxy) is 2. The molecular formula is C11H15BrO3. The minimum absolute atomic E-state index is 0.106. The van der Waals surface area contributed by atoms with Gasteiger partial charge in [-0.05, 0) is 46.5 Å². The third-order valence-electron chi connectivity index (χ3n) is 2.23. The summed E-state index contributed by atoms with van der Waals surface area (Å²) in [6.45, 7) is 2.07. The Morgan fingerprint density at radius 2 is 1.87 bits per heavy atom. The van der Waals surface area contributed by atoms with Gasteiger partial charge < -0.3 is 14.6 Å². The maximum atomic E-state index is 8.95. The molecule has 0 amide bonds. The van der Waals surface area contributed by atoms with Crippen LogP contribution in [-0.4, -0.2) is 25.9 Å². The summed E-state index contributed by atoms with van der Waals surface area (Å²) in [5, 5.41) is 8.95.